The third-order valence-electron chi connectivity index (χ3n) is 20.4. The molecule has 0 saturated carbocycles. The predicted octanol–water partition coefficient (Wildman–Crippen LogP) is 19.7. The summed E-state index contributed by atoms with van der Waals surface area (Å²) in [4.78, 5) is 2.57. The third-order valence-corrected chi connectivity index (χ3v) is 20.4. The fourth-order valence-corrected chi connectivity index (χ4v) is 15.6. The summed E-state index contributed by atoms with van der Waals surface area (Å²) in [5, 5.41) is 5.34. The average Bonchev–Trinajstić information content (AvgIpc) is 1.41. The molecule has 11 aromatic rings. The zero-order valence-corrected chi connectivity index (χ0v) is 53.1. The molecule has 0 atom stereocenters. The Labute approximate surface area is 499 Å². The van der Waals surface area contributed by atoms with Crippen molar-refractivity contribution in [3.05, 3.63) is 213 Å². The SMILES string of the molecule is CC(C)c1ccc(N(c2cccc(C(C)C)c2)c2ccc3c4c2c2cc(C(C)C)ccc2n4-c2ccc4c5c2B3c2cc(C(C)(C)C)cc3c6cc(C(C)(C)C)cc(c6n-5c23)C42c3cc(C(C)(C)C)ccc3-c3ccc(C(C)(C)C)cc32)cc1. The maximum absolute atomic E-state index is 2.81. The minimum atomic E-state index is -0.628. The van der Waals surface area contributed by atoms with E-state index in [2.05, 4.69) is 290 Å². The van der Waals surface area contributed by atoms with Gasteiger partial charge < -0.3 is 14.0 Å². The van der Waals surface area contributed by atoms with Crippen LogP contribution in [0, 0.1) is 0 Å². The van der Waals surface area contributed by atoms with Crippen molar-refractivity contribution in [3.63, 3.8) is 0 Å². The average molecular weight is 1100 g/mol. The normalized spacial score (nSPS) is 14.7. The van der Waals surface area contributed by atoms with Gasteiger partial charge in [0.15, 0.2) is 0 Å². The van der Waals surface area contributed by atoms with Crippen LogP contribution in [0.3, 0.4) is 0 Å². The molecule has 0 bridgehead atoms. The zero-order valence-electron chi connectivity index (χ0n) is 53.1. The van der Waals surface area contributed by atoms with Crippen LogP contribution in [0.1, 0.15) is 204 Å². The van der Waals surface area contributed by atoms with Gasteiger partial charge in [0.05, 0.1) is 27.7 Å². The minimum absolute atomic E-state index is 0.0552. The summed E-state index contributed by atoms with van der Waals surface area (Å²) in [7, 11) is 0. The Morgan fingerprint density at radius 1 is 0.405 bits per heavy atom. The van der Waals surface area contributed by atoms with E-state index in [9.17, 15) is 0 Å². The van der Waals surface area contributed by atoms with Crippen LogP contribution >= 0.6 is 0 Å². The van der Waals surface area contributed by atoms with E-state index in [-0.39, 0.29) is 28.4 Å². The van der Waals surface area contributed by atoms with Crippen molar-refractivity contribution < 1.29 is 0 Å². The van der Waals surface area contributed by atoms with Crippen LogP contribution in [-0.2, 0) is 27.1 Å². The summed E-state index contributed by atoms with van der Waals surface area (Å²) < 4.78 is 5.53. The maximum Gasteiger partial charge on any atom is 0.252 e. The van der Waals surface area contributed by atoms with Crippen LogP contribution < -0.4 is 21.3 Å². The van der Waals surface area contributed by atoms with Gasteiger partial charge in [-0.3, -0.25) is 0 Å². The number of nitrogens with zero attached hydrogens (tertiary/aromatic N) is 3. The molecule has 84 heavy (non-hydrogen) atoms. The highest BCUT2D eigenvalue weighted by molar-refractivity contribution is 7.00. The Hall–Kier alpha value is -7.56. The summed E-state index contributed by atoms with van der Waals surface area (Å²) in [5.41, 5.74) is 32.6. The van der Waals surface area contributed by atoms with Gasteiger partial charge >= 0.3 is 0 Å². The van der Waals surface area contributed by atoms with E-state index in [0.29, 0.717) is 17.8 Å². The van der Waals surface area contributed by atoms with Crippen LogP contribution in [0.4, 0.5) is 17.1 Å². The molecule has 0 fully saturated rings. The monoisotopic (exact) mass is 1100 g/mol. The number of benzene rings is 9. The van der Waals surface area contributed by atoms with Crippen molar-refractivity contribution in [2.24, 2.45) is 0 Å². The summed E-state index contributed by atoms with van der Waals surface area (Å²) in [6.45, 7) is 42.7. The largest absolute Gasteiger partial charge is 0.310 e. The van der Waals surface area contributed by atoms with E-state index in [0.717, 1.165) is 0 Å². The Morgan fingerprint density at radius 2 is 0.964 bits per heavy atom. The van der Waals surface area contributed by atoms with Crippen LogP contribution in [0.5, 0.6) is 0 Å². The number of fused-ring (bicyclic) bond motifs is 14. The van der Waals surface area contributed by atoms with Crippen molar-refractivity contribution in [2.75, 3.05) is 4.90 Å². The van der Waals surface area contributed by atoms with Crippen LogP contribution in [0.2, 0.25) is 0 Å². The van der Waals surface area contributed by atoms with Gasteiger partial charge in [0.2, 0.25) is 0 Å². The number of hydrogen-bond donors (Lipinski definition) is 0. The summed E-state index contributed by atoms with van der Waals surface area (Å²) in [6, 6.07) is 62.0. The van der Waals surface area contributed by atoms with Crippen LogP contribution in [0.15, 0.2) is 152 Å². The Morgan fingerprint density at radius 3 is 1.56 bits per heavy atom. The molecule has 3 aliphatic heterocycles. The molecule has 0 N–H and O–H groups in total. The quantitative estimate of drug-likeness (QED) is 0.151. The summed E-state index contributed by atoms with van der Waals surface area (Å²) in [6.07, 6.45) is 0. The summed E-state index contributed by atoms with van der Waals surface area (Å²) >= 11 is 0. The lowest BCUT2D eigenvalue weighted by Crippen LogP contribution is -2.60. The fourth-order valence-electron chi connectivity index (χ4n) is 15.6. The van der Waals surface area contributed by atoms with E-state index >= 15 is 0 Å². The number of rotatable bonds is 6. The van der Waals surface area contributed by atoms with Crippen molar-refractivity contribution in [1.82, 2.24) is 9.13 Å². The number of hydrogen-bond acceptors (Lipinski definition) is 1. The van der Waals surface area contributed by atoms with E-state index in [1.807, 2.05) is 0 Å². The highest BCUT2D eigenvalue weighted by atomic mass is 15.2. The van der Waals surface area contributed by atoms with Gasteiger partial charge in [-0.15, -0.1) is 0 Å². The molecule has 0 unspecified atom stereocenters. The highest BCUT2D eigenvalue weighted by Crippen LogP contribution is 2.63. The Bertz CT molecular complexity index is 4610. The van der Waals surface area contributed by atoms with E-state index in [1.54, 1.807) is 0 Å². The minimum Gasteiger partial charge on any atom is -0.310 e. The molecule has 9 aromatic carbocycles. The fraction of sp³-hybridized carbons (Fsp3) is 0.325. The van der Waals surface area contributed by atoms with Gasteiger partial charge in [0.1, 0.15) is 0 Å². The molecular weight excluding hydrogens is 1010 g/mol. The highest BCUT2D eigenvalue weighted by Gasteiger charge is 2.55. The molecule has 4 aliphatic rings. The van der Waals surface area contributed by atoms with Gasteiger partial charge in [-0.25, -0.2) is 0 Å². The summed E-state index contributed by atoms with van der Waals surface area (Å²) in [5.74, 6) is 1.16. The van der Waals surface area contributed by atoms with Gasteiger partial charge in [0, 0.05) is 49.8 Å². The molecule has 1 aliphatic carbocycles. The first-order valence-corrected chi connectivity index (χ1v) is 31.4. The van der Waals surface area contributed by atoms with Gasteiger partial charge in [-0.05, 0) is 189 Å². The lowest BCUT2D eigenvalue weighted by molar-refractivity contribution is 0.583. The molecule has 15 rings (SSSR count). The standard InChI is InChI=1S/C80H82BN3/c1-44(2)47-22-27-54(28-23-47)82(55-21-19-20-48(36-55)45(3)4)68-35-32-65-75-70(68)60-37-49(46(5)6)24-33-67(60)83(75)69-34-31-61-74-71(69)81(65)66-43-53(79(16,17)18)39-59-58-38-52(78(13,14)15)42-64(72(58)84(74)73(59)66)80(61)62-40-50(76(7,8)9)25-29-56(62)57-30-26-51(41-63(57)80)77(10,11)12/h19-46H,1-18H3. The van der Waals surface area contributed by atoms with Gasteiger partial charge in [-0.2, -0.15) is 0 Å². The molecule has 420 valence electrons. The lowest BCUT2D eigenvalue weighted by atomic mass is 9.33. The van der Waals surface area contributed by atoms with Crippen molar-refractivity contribution in [3.8, 4) is 22.5 Å². The molecule has 1 spiro atoms. The lowest BCUT2D eigenvalue weighted by Gasteiger charge is -2.45. The molecule has 2 aromatic heterocycles. The molecular formula is C80H82BN3. The van der Waals surface area contributed by atoms with E-state index < -0.39 is 5.41 Å². The topological polar surface area (TPSA) is 13.1 Å². The van der Waals surface area contributed by atoms with Gasteiger partial charge in [0.25, 0.3) is 6.71 Å². The first-order valence-electron chi connectivity index (χ1n) is 31.4. The first-order chi connectivity index (χ1) is 39.7. The molecule has 0 radical (unpaired) electrons. The molecule has 5 heterocycles. The second-order valence-corrected chi connectivity index (χ2v) is 30.8. The van der Waals surface area contributed by atoms with E-state index in [4.69, 9.17) is 0 Å². The van der Waals surface area contributed by atoms with Crippen LogP contribution in [-0.4, -0.2) is 15.8 Å². The first kappa shape index (κ1) is 53.2. The molecule has 0 amide bonds. The second kappa shape index (κ2) is 17.3. The second-order valence-electron chi connectivity index (χ2n) is 30.8. The van der Waals surface area contributed by atoms with Crippen LogP contribution in [0.25, 0.3) is 66.1 Å². The third kappa shape index (κ3) is 7.12. The Kier molecular flexibility index (Phi) is 11.0. The van der Waals surface area contributed by atoms with Crippen molar-refractivity contribution in [2.45, 2.75) is 169 Å². The zero-order chi connectivity index (χ0) is 59.0. The predicted molar refractivity (Wildman–Crippen MR) is 362 cm³/mol. The molecule has 4 heteroatoms. The molecule has 0 saturated heterocycles. The van der Waals surface area contributed by atoms with Crippen molar-refractivity contribution >= 4 is 83.8 Å². The smallest absolute Gasteiger partial charge is 0.252 e. The van der Waals surface area contributed by atoms with E-state index in [1.165, 1.54) is 161 Å². The van der Waals surface area contributed by atoms with Crippen molar-refractivity contribution in [1.29, 1.82) is 0 Å². The Balaban J connectivity index is 1.15. The maximum atomic E-state index is 2.81. The number of anilines is 3. The molecule has 3 nitrogen and oxygen atoms in total. The van der Waals surface area contributed by atoms with Gasteiger partial charge in [-0.1, -0.05) is 216 Å². The number of aromatic nitrogens is 2.